The maximum absolute atomic E-state index is 4.17. The van der Waals surface area contributed by atoms with Crippen LogP contribution >= 0.6 is 12.6 Å². The van der Waals surface area contributed by atoms with Gasteiger partial charge in [-0.15, -0.1) is 12.6 Å². The molecular weight excluding hydrogens is 146 g/mol. The Morgan fingerprint density at radius 1 is 1.70 bits per heavy atom. The lowest BCUT2D eigenvalue weighted by atomic mass is 10.6. The lowest BCUT2D eigenvalue weighted by molar-refractivity contribution is 0.915. The molecule has 0 fully saturated rings. The monoisotopic (exact) mass is 153 g/mol. The average molecular weight is 153 g/mol. The third-order valence-electron chi connectivity index (χ3n) is 1.54. The van der Waals surface area contributed by atoms with E-state index in [-0.39, 0.29) is 0 Å². The highest BCUT2D eigenvalue weighted by molar-refractivity contribution is 7.80. The van der Waals surface area contributed by atoms with Gasteiger partial charge in [-0.3, -0.25) is 5.10 Å². The highest BCUT2D eigenvalue weighted by Gasteiger charge is 2.02. The molecule has 2 heterocycles. The fraction of sp³-hybridized carbons (Fsp3) is 0.167. The molecule has 0 saturated carbocycles. The van der Waals surface area contributed by atoms with E-state index in [1.54, 1.807) is 0 Å². The SMILES string of the molecule is Cc1c(S)nc2cc[nH]n12. The standard InChI is InChI=1S/C6H7N3S/c1-4-6(10)8-5-2-3-7-9(4)5/h2-3,7,10H,1H3. The molecule has 0 aliphatic rings. The summed E-state index contributed by atoms with van der Waals surface area (Å²) < 4.78 is 1.89. The number of thiol groups is 1. The van der Waals surface area contributed by atoms with E-state index in [1.165, 1.54) is 0 Å². The first kappa shape index (κ1) is 5.85. The number of hydrogen-bond donors (Lipinski definition) is 2. The number of nitrogens with zero attached hydrogens (tertiary/aromatic N) is 2. The second-order valence-corrected chi connectivity index (χ2v) is 2.60. The van der Waals surface area contributed by atoms with Crippen LogP contribution in [0.15, 0.2) is 17.3 Å². The number of nitrogens with one attached hydrogen (secondary N) is 1. The van der Waals surface area contributed by atoms with Gasteiger partial charge in [0.1, 0.15) is 5.03 Å². The fourth-order valence-corrected chi connectivity index (χ4v) is 1.17. The van der Waals surface area contributed by atoms with E-state index in [0.29, 0.717) is 0 Å². The van der Waals surface area contributed by atoms with Crippen LogP contribution in [0.25, 0.3) is 5.65 Å². The fourth-order valence-electron chi connectivity index (χ4n) is 0.972. The molecule has 4 heteroatoms. The number of aromatic nitrogens is 3. The van der Waals surface area contributed by atoms with E-state index in [4.69, 9.17) is 0 Å². The van der Waals surface area contributed by atoms with Gasteiger partial charge >= 0.3 is 0 Å². The van der Waals surface area contributed by atoms with Crippen molar-refractivity contribution in [2.75, 3.05) is 0 Å². The van der Waals surface area contributed by atoms with E-state index < -0.39 is 0 Å². The number of hydrogen-bond acceptors (Lipinski definition) is 2. The van der Waals surface area contributed by atoms with Crippen LogP contribution in [-0.2, 0) is 0 Å². The van der Waals surface area contributed by atoms with Crippen molar-refractivity contribution >= 4 is 18.3 Å². The Bertz CT molecular complexity index is 360. The van der Waals surface area contributed by atoms with E-state index in [9.17, 15) is 0 Å². The quantitative estimate of drug-likeness (QED) is 0.549. The number of fused-ring (bicyclic) bond motifs is 1. The molecule has 0 bridgehead atoms. The molecular formula is C6H7N3S. The number of imidazole rings is 1. The summed E-state index contributed by atoms with van der Waals surface area (Å²) in [7, 11) is 0. The molecule has 0 saturated heterocycles. The molecule has 0 atom stereocenters. The summed E-state index contributed by atoms with van der Waals surface area (Å²) in [6.07, 6.45) is 1.85. The first-order valence-electron chi connectivity index (χ1n) is 3.00. The molecule has 2 rings (SSSR count). The molecule has 0 amide bonds. The third-order valence-corrected chi connectivity index (χ3v) is 1.97. The Hall–Kier alpha value is -0.900. The molecule has 0 spiro atoms. The summed E-state index contributed by atoms with van der Waals surface area (Å²) in [5.74, 6) is 0. The minimum atomic E-state index is 0.784. The highest BCUT2D eigenvalue weighted by atomic mass is 32.1. The Balaban J connectivity index is 2.95. The van der Waals surface area contributed by atoms with Crippen LogP contribution in [0.4, 0.5) is 0 Å². The van der Waals surface area contributed by atoms with Crippen molar-refractivity contribution in [3.8, 4) is 0 Å². The largest absolute Gasteiger partial charge is 0.300 e. The molecule has 0 radical (unpaired) electrons. The van der Waals surface area contributed by atoms with Gasteiger partial charge in [-0.1, -0.05) is 0 Å². The zero-order valence-electron chi connectivity index (χ0n) is 5.50. The van der Waals surface area contributed by atoms with Gasteiger partial charge < -0.3 is 0 Å². The van der Waals surface area contributed by atoms with E-state index in [2.05, 4.69) is 22.7 Å². The topological polar surface area (TPSA) is 33.1 Å². The summed E-state index contributed by atoms with van der Waals surface area (Å²) in [5, 5.41) is 3.80. The van der Waals surface area contributed by atoms with Crippen LogP contribution in [-0.4, -0.2) is 14.6 Å². The lowest BCUT2D eigenvalue weighted by Gasteiger charge is -1.86. The highest BCUT2D eigenvalue weighted by Crippen LogP contribution is 2.12. The van der Waals surface area contributed by atoms with Gasteiger partial charge in [0.05, 0.1) is 5.69 Å². The van der Waals surface area contributed by atoms with Crippen LogP contribution in [0.3, 0.4) is 0 Å². The number of H-pyrrole nitrogens is 1. The Morgan fingerprint density at radius 3 is 3.20 bits per heavy atom. The van der Waals surface area contributed by atoms with E-state index in [0.717, 1.165) is 16.4 Å². The van der Waals surface area contributed by atoms with Crippen molar-refractivity contribution in [1.29, 1.82) is 0 Å². The molecule has 2 aromatic heterocycles. The normalized spacial score (nSPS) is 11.0. The second-order valence-electron chi connectivity index (χ2n) is 2.18. The van der Waals surface area contributed by atoms with Gasteiger partial charge in [0, 0.05) is 12.3 Å². The maximum Gasteiger partial charge on any atom is 0.154 e. The van der Waals surface area contributed by atoms with Crippen LogP contribution in [0.1, 0.15) is 5.69 Å². The molecule has 0 aromatic carbocycles. The van der Waals surface area contributed by atoms with Crippen molar-refractivity contribution < 1.29 is 0 Å². The van der Waals surface area contributed by atoms with Crippen molar-refractivity contribution in [1.82, 2.24) is 14.6 Å². The molecule has 1 N–H and O–H groups in total. The Labute approximate surface area is 63.5 Å². The molecule has 0 unspecified atom stereocenters. The van der Waals surface area contributed by atoms with Gasteiger partial charge in [-0.2, -0.15) is 0 Å². The Morgan fingerprint density at radius 2 is 2.50 bits per heavy atom. The summed E-state index contributed by atoms with van der Waals surface area (Å²) in [5.41, 5.74) is 1.96. The first-order chi connectivity index (χ1) is 4.79. The minimum Gasteiger partial charge on any atom is -0.300 e. The molecule has 0 aliphatic heterocycles. The summed E-state index contributed by atoms with van der Waals surface area (Å²) in [6, 6.07) is 1.91. The van der Waals surface area contributed by atoms with Crippen LogP contribution in [0.5, 0.6) is 0 Å². The summed E-state index contributed by atoms with van der Waals surface area (Å²) in [6.45, 7) is 1.97. The maximum atomic E-state index is 4.17. The zero-order valence-corrected chi connectivity index (χ0v) is 6.39. The number of aryl methyl sites for hydroxylation is 1. The van der Waals surface area contributed by atoms with Crippen molar-refractivity contribution in [2.24, 2.45) is 0 Å². The number of rotatable bonds is 0. The van der Waals surface area contributed by atoms with Crippen molar-refractivity contribution in [2.45, 2.75) is 11.9 Å². The van der Waals surface area contributed by atoms with Gasteiger partial charge in [0.2, 0.25) is 0 Å². The van der Waals surface area contributed by atoms with Gasteiger partial charge in [0.15, 0.2) is 5.65 Å². The number of aromatic amines is 1. The van der Waals surface area contributed by atoms with Crippen molar-refractivity contribution in [3.05, 3.63) is 18.0 Å². The van der Waals surface area contributed by atoms with Gasteiger partial charge in [0.25, 0.3) is 0 Å². The van der Waals surface area contributed by atoms with E-state index >= 15 is 0 Å². The Kier molecular flexibility index (Phi) is 1.05. The predicted molar refractivity (Wildman–Crippen MR) is 41.5 cm³/mol. The van der Waals surface area contributed by atoms with Gasteiger partial charge in [-0.05, 0) is 6.92 Å². The zero-order chi connectivity index (χ0) is 7.14. The van der Waals surface area contributed by atoms with Crippen LogP contribution in [0.2, 0.25) is 0 Å². The third kappa shape index (κ3) is 0.593. The minimum absolute atomic E-state index is 0.784. The van der Waals surface area contributed by atoms with E-state index in [1.807, 2.05) is 23.7 Å². The van der Waals surface area contributed by atoms with Crippen LogP contribution < -0.4 is 0 Å². The predicted octanol–water partition coefficient (Wildman–Crippen LogP) is 1.26. The molecule has 52 valence electrons. The smallest absolute Gasteiger partial charge is 0.154 e. The van der Waals surface area contributed by atoms with Crippen molar-refractivity contribution in [3.63, 3.8) is 0 Å². The molecule has 2 aromatic rings. The summed E-state index contributed by atoms with van der Waals surface area (Å²) >= 11 is 4.17. The lowest BCUT2D eigenvalue weighted by Crippen LogP contribution is -1.84. The second kappa shape index (κ2) is 1.79. The first-order valence-corrected chi connectivity index (χ1v) is 3.45. The molecule has 10 heavy (non-hydrogen) atoms. The molecule has 0 aliphatic carbocycles. The summed E-state index contributed by atoms with van der Waals surface area (Å²) in [4.78, 5) is 4.17. The van der Waals surface area contributed by atoms with Crippen LogP contribution in [0, 0.1) is 6.92 Å². The average Bonchev–Trinajstić information content (AvgIpc) is 2.41. The van der Waals surface area contributed by atoms with Gasteiger partial charge in [-0.25, -0.2) is 9.50 Å². The molecule has 3 nitrogen and oxygen atoms in total.